The molecule has 24 heavy (non-hydrogen) atoms. The van der Waals surface area contributed by atoms with Crippen LogP contribution in [0.3, 0.4) is 0 Å². The molecular weight excluding hydrogens is 316 g/mol. The molecule has 0 spiro atoms. The number of carboxylic acid groups (broad SMARTS) is 1. The predicted molar refractivity (Wildman–Crippen MR) is 86.7 cm³/mol. The third kappa shape index (κ3) is 4.42. The summed E-state index contributed by atoms with van der Waals surface area (Å²) in [5, 5.41) is 19.6. The number of carbonyl (C=O) groups is 2. The molecule has 0 aliphatic carbocycles. The Morgan fingerprint density at radius 3 is 2.54 bits per heavy atom. The molecule has 1 atom stereocenters. The van der Waals surface area contributed by atoms with Gasteiger partial charge in [-0.05, 0) is 12.5 Å². The van der Waals surface area contributed by atoms with Crippen molar-refractivity contribution < 1.29 is 19.6 Å². The molecule has 130 valence electrons. The largest absolute Gasteiger partial charge is 0.480 e. The van der Waals surface area contributed by atoms with Gasteiger partial charge in [0.2, 0.25) is 5.91 Å². The van der Waals surface area contributed by atoms with Gasteiger partial charge in [0.05, 0.1) is 4.92 Å². The third-order valence-corrected chi connectivity index (χ3v) is 4.02. The summed E-state index contributed by atoms with van der Waals surface area (Å²) in [6.07, 6.45) is 0.212. The highest BCUT2D eigenvalue weighted by molar-refractivity contribution is 5.78. The van der Waals surface area contributed by atoms with Gasteiger partial charge in [-0.25, -0.2) is 0 Å². The topological polar surface area (TPSA) is 130 Å². The van der Waals surface area contributed by atoms with Crippen LogP contribution in [0.2, 0.25) is 0 Å². The lowest BCUT2D eigenvalue weighted by atomic mass is 10.1. The number of hydrogen-bond acceptors (Lipinski definition) is 6. The van der Waals surface area contributed by atoms with Gasteiger partial charge in [0.15, 0.2) is 0 Å². The number of aliphatic carboxylic acids is 1. The van der Waals surface area contributed by atoms with Crippen molar-refractivity contribution in [2.75, 3.05) is 31.1 Å². The summed E-state index contributed by atoms with van der Waals surface area (Å²) >= 11 is 0. The molecule has 1 aromatic carbocycles. The highest BCUT2D eigenvalue weighted by atomic mass is 16.6. The van der Waals surface area contributed by atoms with Crippen LogP contribution < -0.4 is 10.6 Å². The SMILES string of the molecule is N[C@@H](CCC(=O)N1CCN(c2cccc([N+](=O)[O-])c2)CC1)C(=O)O. The van der Waals surface area contributed by atoms with E-state index in [0.717, 1.165) is 5.69 Å². The van der Waals surface area contributed by atoms with E-state index in [1.165, 1.54) is 12.1 Å². The number of anilines is 1. The molecule has 1 fully saturated rings. The van der Waals surface area contributed by atoms with Crippen molar-refractivity contribution in [3.8, 4) is 0 Å². The van der Waals surface area contributed by atoms with Crippen LogP contribution in [-0.4, -0.2) is 59.0 Å². The quantitative estimate of drug-likeness (QED) is 0.569. The summed E-state index contributed by atoms with van der Waals surface area (Å²) in [5.41, 5.74) is 6.19. The Labute approximate surface area is 138 Å². The minimum Gasteiger partial charge on any atom is -0.480 e. The standard InChI is InChI=1S/C15H20N4O5/c16-13(15(21)22)4-5-14(20)18-8-6-17(7-9-18)11-2-1-3-12(10-11)19(23)24/h1-3,10,13H,4-9,16H2,(H,21,22)/t13-/m0/s1. The molecule has 0 radical (unpaired) electrons. The first kappa shape index (κ1) is 17.7. The molecule has 1 amide bonds. The van der Waals surface area contributed by atoms with Crippen molar-refractivity contribution in [2.45, 2.75) is 18.9 Å². The van der Waals surface area contributed by atoms with Crippen molar-refractivity contribution in [2.24, 2.45) is 5.73 Å². The molecule has 0 saturated carbocycles. The van der Waals surface area contributed by atoms with Crippen LogP contribution >= 0.6 is 0 Å². The molecule has 0 aromatic heterocycles. The Bertz CT molecular complexity index is 628. The first-order valence-electron chi connectivity index (χ1n) is 7.64. The summed E-state index contributed by atoms with van der Waals surface area (Å²) < 4.78 is 0. The minimum atomic E-state index is -1.11. The number of piperazine rings is 1. The van der Waals surface area contributed by atoms with Crippen molar-refractivity contribution in [3.05, 3.63) is 34.4 Å². The number of carboxylic acids is 1. The highest BCUT2D eigenvalue weighted by Gasteiger charge is 2.23. The van der Waals surface area contributed by atoms with Gasteiger partial charge in [-0.1, -0.05) is 6.07 Å². The van der Waals surface area contributed by atoms with Crippen molar-refractivity contribution in [1.82, 2.24) is 4.90 Å². The molecule has 0 unspecified atom stereocenters. The zero-order valence-electron chi connectivity index (χ0n) is 13.1. The fourth-order valence-electron chi connectivity index (χ4n) is 2.58. The second kappa shape index (κ2) is 7.73. The summed E-state index contributed by atoms with van der Waals surface area (Å²) in [6, 6.07) is 5.37. The van der Waals surface area contributed by atoms with Crippen LogP contribution in [0.15, 0.2) is 24.3 Å². The Morgan fingerprint density at radius 1 is 1.29 bits per heavy atom. The normalized spacial score (nSPS) is 15.9. The predicted octanol–water partition coefficient (Wildman–Crippen LogP) is 0.435. The van der Waals surface area contributed by atoms with Crippen molar-refractivity contribution in [1.29, 1.82) is 0 Å². The zero-order valence-corrected chi connectivity index (χ0v) is 13.1. The molecule has 9 heteroatoms. The van der Waals surface area contributed by atoms with Gasteiger partial charge in [-0.2, -0.15) is 0 Å². The van der Waals surface area contributed by atoms with E-state index in [1.807, 2.05) is 4.90 Å². The first-order chi connectivity index (χ1) is 11.4. The van der Waals surface area contributed by atoms with E-state index in [1.54, 1.807) is 17.0 Å². The highest BCUT2D eigenvalue weighted by Crippen LogP contribution is 2.22. The van der Waals surface area contributed by atoms with E-state index in [2.05, 4.69) is 0 Å². The number of benzene rings is 1. The molecule has 3 N–H and O–H groups in total. The smallest absolute Gasteiger partial charge is 0.320 e. The minimum absolute atomic E-state index is 0.0358. The van der Waals surface area contributed by atoms with Crippen LogP contribution in [0.4, 0.5) is 11.4 Å². The molecule has 2 rings (SSSR count). The van der Waals surface area contributed by atoms with Crippen LogP contribution in [0.1, 0.15) is 12.8 Å². The molecular formula is C15H20N4O5. The maximum absolute atomic E-state index is 12.1. The van der Waals surface area contributed by atoms with Gasteiger partial charge >= 0.3 is 5.97 Å². The number of non-ortho nitro benzene ring substituents is 1. The second-order valence-corrected chi connectivity index (χ2v) is 5.63. The first-order valence-corrected chi connectivity index (χ1v) is 7.64. The maximum atomic E-state index is 12.1. The number of rotatable bonds is 6. The maximum Gasteiger partial charge on any atom is 0.320 e. The summed E-state index contributed by atoms with van der Waals surface area (Å²) in [5.74, 6) is -1.23. The Balaban J connectivity index is 1.87. The molecule has 1 aliphatic rings. The molecule has 1 aromatic rings. The average Bonchev–Trinajstić information content (AvgIpc) is 2.59. The molecule has 1 aliphatic heterocycles. The Hall–Kier alpha value is -2.68. The molecule has 0 bridgehead atoms. The van der Waals surface area contributed by atoms with E-state index < -0.39 is 16.9 Å². The summed E-state index contributed by atoms with van der Waals surface area (Å²) in [6.45, 7) is 2.11. The summed E-state index contributed by atoms with van der Waals surface area (Å²) in [7, 11) is 0. The van der Waals surface area contributed by atoms with Gasteiger partial charge in [-0.3, -0.25) is 19.7 Å². The Morgan fingerprint density at radius 2 is 1.96 bits per heavy atom. The fraction of sp³-hybridized carbons (Fsp3) is 0.467. The van der Waals surface area contributed by atoms with Gasteiger partial charge < -0.3 is 20.6 Å². The number of nitrogens with two attached hydrogens (primary N) is 1. The van der Waals surface area contributed by atoms with E-state index >= 15 is 0 Å². The van der Waals surface area contributed by atoms with Crippen LogP contribution in [0.5, 0.6) is 0 Å². The lowest BCUT2D eigenvalue weighted by molar-refractivity contribution is -0.384. The monoisotopic (exact) mass is 336 g/mol. The zero-order chi connectivity index (χ0) is 17.7. The lowest BCUT2D eigenvalue weighted by Crippen LogP contribution is -2.49. The Kier molecular flexibility index (Phi) is 5.69. The molecule has 9 nitrogen and oxygen atoms in total. The molecule has 1 saturated heterocycles. The van der Waals surface area contributed by atoms with Crippen molar-refractivity contribution >= 4 is 23.3 Å². The lowest BCUT2D eigenvalue weighted by Gasteiger charge is -2.36. The molecule has 1 heterocycles. The second-order valence-electron chi connectivity index (χ2n) is 5.63. The van der Waals surface area contributed by atoms with E-state index in [9.17, 15) is 19.7 Å². The van der Waals surface area contributed by atoms with Gasteiger partial charge in [0.1, 0.15) is 6.04 Å². The van der Waals surface area contributed by atoms with Gasteiger partial charge in [0, 0.05) is 50.4 Å². The van der Waals surface area contributed by atoms with E-state index in [4.69, 9.17) is 10.8 Å². The van der Waals surface area contributed by atoms with Crippen molar-refractivity contribution in [3.63, 3.8) is 0 Å². The van der Waals surface area contributed by atoms with E-state index in [0.29, 0.717) is 26.2 Å². The van der Waals surface area contributed by atoms with E-state index in [-0.39, 0.29) is 24.4 Å². The number of hydrogen-bond donors (Lipinski definition) is 2. The fourth-order valence-corrected chi connectivity index (χ4v) is 2.58. The van der Waals surface area contributed by atoms with Crippen LogP contribution in [-0.2, 0) is 9.59 Å². The van der Waals surface area contributed by atoms with Crippen LogP contribution in [0.25, 0.3) is 0 Å². The van der Waals surface area contributed by atoms with Gasteiger partial charge in [-0.15, -0.1) is 0 Å². The number of amides is 1. The van der Waals surface area contributed by atoms with Crippen LogP contribution in [0, 0.1) is 10.1 Å². The third-order valence-electron chi connectivity index (χ3n) is 4.02. The number of nitrogens with zero attached hydrogens (tertiary/aromatic N) is 3. The van der Waals surface area contributed by atoms with Gasteiger partial charge in [0.25, 0.3) is 5.69 Å². The average molecular weight is 336 g/mol. The number of nitro benzene ring substituents is 1. The number of nitro groups is 1. The summed E-state index contributed by atoms with van der Waals surface area (Å²) in [4.78, 5) is 36.8. The number of carbonyl (C=O) groups excluding carboxylic acids is 1.